The van der Waals surface area contributed by atoms with Crippen LogP contribution in [0.5, 0.6) is 0 Å². The van der Waals surface area contributed by atoms with Crippen LogP contribution in [0.15, 0.2) is 12.4 Å². The van der Waals surface area contributed by atoms with Crippen molar-refractivity contribution < 1.29 is 5.11 Å². The van der Waals surface area contributed by atoms with Crippen molar-refractivity contribution in [3.05, 3.63) is 32.7 Å². The topological polar surface area (TPSA) is 53.8 Å². The van der Waals surface area contributed by atoms with Gasteiger partial charge in [0.25, 0.3) is 0 Å². The Bertz CT molecular complexity index is 540. The first-order valence-electron chi connectivity index (χ1n) is 4.95. The molecule has 2 aromatic rings. The van der Waals surface area contributed by atoms with Crippen molar-refractivity contribution in [2.45, 2.75) is 26.5 Å². The summed E-state index contributed by atoms with van der Waals surface area (Å²) in [6.45, 7) is 4.03. The Morgan fingerprint density at radius 2 is 2.44 bits per heavy atom. The largest absolute Gasteiger partial charge is 0.390 e. The molecule has 1 unspecified atom stereocenters. The molecule has 4 nitrogen and oxygen atoms in total. The number of hydrogen-bond donors (Lipinski definition) is 2. The molecule has 0 spiro atoms. The van der Waals surface area contributed by atoms with Gasteiger partial charge >= 0.3 is 0 Å². The van der Waals surface area contributed by atoms with E-state index in [2.05, 4.69) is 9.97 Å². The number of aliphatic hydroxyl groups excluding tert-OH is 1. The second-order valence-electron chi connectivity index (χ2n) is 3.60. The lowest BCUT2D eigenvalue weighted by atomic mass is 10.3. The Labute approximate surface area is 103 Å². The van der Waals surface area contributed by atoms with Crippen LogP contribution in [0.4, 0.5) is 0 Å². The summed E-state index contributed by atoms with van der Waals surface area (Å²) in [5.41, 5.74) is 0.783. The van der Waals surface area contributed by atoms with Gasteiger partial charge in [0.2, 0.25) is 0 Å². The van der Waals surface area contributed by atoms with Gasteiger partial charge in [0.1, 0.15) is 5.01 Å². The molecule has 0 aliphatic carbocycles. The van der Waals surface area contributed by atoms with Crippen LogP contribution < -0.4 is 0 Å². The minimum atomic E-state index is -0.0260. The van der Waals surface area contributed by atoms with E-state index in [1.165, 1.54) is 4.88 Å². The second-order valence-corrected chi connectivity index (χ2v) is 5.25. The number of rotatable bonds is 3. The maximum absolute atomic E-state index is 9.23. The normalized spacial score (nSPS) is 12.9. The Morgan fingerprint density at radius 3 is 3.00 bits per heavy atom. The van der Waals surface area contributed by atoms with Gasteiger partial charge in [-0.25, -0.2) is 4.98 Å². The summed E-state index contributed by atoms with van der Waals surface area (Å²) >= 11 is 6.84. The minimum absolute atomic E-state index is 0.0260. The van der Waals surface area contributed by atoms with Gasteiger partial charge in [0, 0.05) is 17.3 Å². The molecule has 0 aromatic carbocycles. The predicted octanol–water partition coefficient (Wildman–Crippen LogP) is 2.41. The molecule has 2 N–H and O–H groups in total. The van der Waals surface area contributed by atoms with Crippen LogP contribution >= 0.6 is 23.6 Å². The summed E-state index contributed by atoms with van der Waals surface area (Å²) in [5.74, 6) is 0. The Kier molecular flexibility index (Phi) is 3.22. The fraction of sp³-hybridized carbons (Fsp3) is 0.400. The van der Waals surface area contributed by atoms with Crippen LogP contribution in [0.1, 0.15) is 28.5 Å². The Balaban J connectivity index is 2.44. The molecule has 0 fully saturated rings. The average molecular weight is 255 g/mol. The summed E-state index contributed by atoms with van der Waals surface area (Å²) in [5, 5.41) is 10.2. The molecule has 0 bridgehead atoms. The number of thiazole rings is 1. The number of aromatic amines is 1. The van der Waals surface area contributed by atoms with Crippen molar-refractivity contribution in [2.75, 3.05) is 0 Å². The highest BCUT2D eigenvalue weighted by Crippen LogP contribution is 2.24. The molecule has 0 amide bonds. The molecular weight excluding hydrogens is 242 g/mol. The number of hydrogen-bond acceptors (Lipinski definition) is 4. The minimum Gasteiger partial charge on any atom is -0.390 e. The van der Waals surface area contributed by atoms with Gasteiger partial charge in [-0.3, -0.25) is 0 Å². The Hall–Kier alpha value is -0.980. The first-order chi connectivity index (χ1) is 7.63. The van der Waals surface area contributed by atoms with Crippen molar-refractivity contribution in [1.29, 1.82) is 0 Å². The third kappa shape index (κ3) is 1.95. The average Bonchev–Trinajstić information content (AvgIpc) is 2.83. The fourth-order valence-electron chi connectivity index (χ4n) is 1.64. The third-order valence-corrected chi connectivity index (χ3v) is 3.83. The first-order valence-corrected chi connectivity index (χ1v) is 6.18. The molecule has 0 saturated heterocycles. The maximum Gasteiger partial charge on any atom is 0.178 e. The van der Waals surface area contributed by atoms with Gasteiger partial charge in [0.05, 0.1) is 18.3 Å². The van der Waals surface area contributed by atoms with Gasteiger partial charge in [-0.15, -0.1) is 11.3 Å². The molecule has 1 atom stereocenters. The van der Waals surface area contributed by atoms with E-state index in [4.69, 9.17) is 12.2 Å². The molecule has 0 aliphatic heterocycles. The summed E-state index contributed by atoms with van der Waals surface area (Å²) < 4.78 is 2.51. The van der Waals surface area contributed by atoms with Crippen molar-refractivity contribution in [3.63, 3.8) is 0 Å². The van der Waals surface area contributed by atoms with E-state index in [0.717, 1.165) is 10.7 Å². The lowest BCUT2D eigenvalue weighted by molar-refractivity contribution is 0.269. The van der Waals surface area contributed by atoms with Crippen LogP contribution in [0.3, 0.4) is 0 Å². The number of aromatic nitrogens is 3. The lowest BCUT2D eigenvalue weighted by Gasteiger charge is -2.13. The van der Waals surface area contributed by atoms with Crippen molar-refractivity contribution in [1.82, 2.24) is 14.5 Å². The van der Waals surface area contributed by atoms with Crippen LogP contribution in [0.25, 0.3) is 0 Å². The number of H-pyrrole nitrogens is 1. The van der Waals surface area contributed by atoms with E-state index in [9.17, 15) is 5.11 Å². The molecule has 2 rings (SSSR count). The molecule has 6 heteroatoms. The highest BCUT2D eigenvalue weighted by Gasteiger charge is 2.15. The van der Waals surface area contributed by atoms with E-state index < -0.39 is 0 Å². The zero-order valence-corrected chi connectivity index (χ0v) is 10.7. The van der Waals surface area contributed by atoms with Gasteiger partial charge in [-0.2, -0.15) is 0 Å². The predicted molar refractivity (Wildman–Crippen MR) is 66.2 cm³/mol. The smallest absolute Gasteiger partial charge is 0.178 e. The van der Waals surface area contributed by atoms with E-state index >= 15 is 0 Å². The van der Waals surface area contributed by atoms with E-state index in [1.807, 2.05) is 24.6 Å². The van der Waals surface area contributed by atoms with Crippen molar-refractivity contribution in [3.8, 4) is 0 Å². The second kappa shape index (κ2) is 4.48. The standard InChI is InChI=1S/C10H13N3OS2/c1-6-3-11-9(16-6)7(2)13-8(5-14)4-12-10(13)15/h3-4,7,14H,5H2,1-2H3,(H,12,15). The zero-order valence-electron chi connectivity index (χ0n) is 9.10. The van der Waals surface area contributed by atoms with Gasteiger partial charge in [-0.1, -0.05) is 0 Å². The van der Waals surface area contributed by atoms with E-state index in [-0.39, 0.29) is 12.6 Å². The van der Waals surface area contributed by atoms with Crippen LogP contribution in [0.2, 0.25) is 0 Å². The fourth-order valence-corrected chi connectivity index (χ4v) is 2.79. The lowest BCUT2D eigenvalue weighted by Crippen LogP contribution is -2.10. The number of aryl methyl sites for hydroxylation is 1. The van der Waals surface area contributed by atoms with Crippen LogP contribution in [-0.4, -0.2) is 19.6 Å². The summed E-state index contributed by atoms with van der Waals surface area (Å²) in [7, 11) is 0. The van der Waals surface area contributed by atoms with E-state index in [1.54, 1.807) is 17.5 Å². The molecule has 0 radical (unpaired) electrons. The SMILES string of the molecule is Cc1cnc(C(C)n2c(CO)c[nH]c2=S)s1. The first kappa shape index (κ1) is 11.5. The highest BCUT2D eigenvalue weighted by atomic mass is 32.1. The molecule has 16 heavy (non-hydrogen) atoms. The zero-order chi connectivity index (χ0) is 11.7. The number of imidazole rings is 1. The quantitative estimate of drug-likeness (QED) is 0.828. The summed E-state index contributed by atoms with van der Waals surface area (Å²) in [4.78, 5) is 8.46. The van der Waals surface area contributed by atoms with E-state index in [0.29, 0.717) is 4.77 Å². The monoisotopic (exact) mass is 255 g/mol. The highest BCUT2D eigenvalue weighted by molar-refractivity contribution is 7.71. The molecule has 0 saturated carbocycles. The number of nitrogens with one attached hydrogen (secondary N) is 1. The Morgan fingerprint density at radius 1 is 1.69 bits per heavy atom. The number of aliphatic hydroxyl groups is 1. The summed E-state index contributed by atoms with van der Waals surface area (Å²) in [6, 6.07) is 0.0552. The van der Waals surface area contributed by atoms with Crippen molar-refractivity contribution >= 4 is 23.6 Å². The number of nitrogens with zero attached hydrogens (tertiary/aromatic N) is 2. The van der Waals surface area contributed by atoms with Gasteiger partial charge < -0.3 is 14.7 Å². The maximum atomic E-state index is 9.23. The molecular formula is C10H13N3OS2. The van der Waals surface area contributed by atoms with Gasteiger partial charge in [-0.05, 0) is 26.1 Å². The molecule has 86 valence electrons. The molecule has 0 aliphatic rings. The molecule has 2 heterocycles. The third-order valence-electron chi connectivity index (χ3n) is 2.44. The summed E-state index contributed by atoms with van der Waals surface area (Å²) in [6.07, 6.45) is 3.59. The van der Waals surface area contributed by atoms with Crippen LogP contribution in [-0.2, 0) is 6.61 Å². The van der Waals surface area contributed by atoms with Gasteiger partial charge in [0.15, 0.2) is 4.77 Å². The van der Waals surface area contributed by atoms with Crippen molar-refractivity contribution in [2.24, 2.45) is 0 Å². The molecule has 2 aromatic heterocycles. The van der Waals surface area contributed by atoms with Crippen LogP contribution in [0, 0.1) is 11.7 Å².